The summed E-state index contributed by atoms with van der Waals surface area (Å²) in [6.45, 7) is 2.92. The van der Waals surface area contributed by atoms with Gasteiger partial charge in [-0.1, -0.05) is 25.1 Å². The van der Waals surface area contributed by atoms with Crippen LogP contribution < -0.4 is 19.7 Å². The fraction of sp³-hybridized carbons (Fsp3) is 0.400. The molecule has 2 amide bonds. The normalized spacial score (nSPS) is 26.0. The Labute approximate surface area is 197 Å². The number of carbonyl (C=O) groups is 3. The SMILES string of the molecule is CCc1ccc(N2C(=O)C3C(c4ccc(OC)c(C)c4OC)NC(CO)(C(=O)O)C3C2=O)cc1. The second kappa shape index (κ2) is 8.73. The summed E-state index contributed by atoms with van der Waals surface area (Å²) in [5.74, 6) is -3.96. The number of anilines is 1. The largest absolute Gasteiger partial charge is 0.496 e. The third-order valence-electron chi connectivity index (χ3n) is 7.03. The Bertz CT molecular complexity index is 1150. The first-order valence-electron chi connectivity index (χ1n) is 11.1. The Hall–Kier alpha value is -3.43. The van der Waals surface area contributed by atoms with E-state index in [1.54, 1.807) is 31.2 Å². The number of ether oxygens (including phenoxy) is 2. The van der Waals surface area contributed by atoms with Gasteiger partial charge in [-0.25, -0.2) is 4.90 Å². The quantitative estimate of drug-likeness (QED) is 0.526. The van der Waals surface area contributed by atoms with Crippen LogP contribution in [0.4, 0.5) is 5.69 Å². The van der Waals surface area contributed by atoms with Crippen molar-refractivity contribution in [2.24, 2.45) is 11.8 Å². The van der Waals surface area contributed by atoms with Crippen molar-refractivity contribution in [3.63, 3.8) is 0 Å². The number of aliphatic hydroxyl groups is 1. The Morgan fingerprint density at radius 2 is 1.76 bits per heavy atom. The van der Waals surface area contributed by atoms with Crippen LogP contribution in [0, 0.1) is 18.8 Å². The molecule has 2 aromatic carbocycles. The lowest BCUT2D eigenvalue weighted by Gasteiger charge is -2.29. The van der Waals surface area contributed by atoms with Crippen molar-refractivity contribution in [2.45, 2.75) is 31.8 Å². The molecule has 4 unspecified atom stereocenters. The third kappa shape index (κ3) is 3.26. The minimum atomic E-state index is -2.03. The molecule has 9 nitrogen and oxygen atoms in total. The number of carboxylic acid groups (broad SMARTS) is 1. The molecule has 2 fully saturated rings. The average molecular weight is 469 g/mol. The van der Waals surface area contributed by atoms with E-state index in [-0.39, 0.29) is 0 Å². The molecule has 180 valence electrons. The Kier molecular flexibility index (Phi) is 6.09. The molecule has 9 heteroatoms. The van der Waals surface area contributed by atoms with Gasteiger partial charge in [0, 0.05) is 17.2 Å². The lowest BCUT2D eigenvalue weighted by Crippen LogP contribution is -2.58. The van der Waals surface area contributed by atoms with E-state index in [1.807, 2.05) is 19.1 Å². The molecular formula is C25H28N2O7. The summed E-state index contributed by atoms with van der Waals surface area (Å²) in [5, 5.41) is 23.3. The molecule has 34 heavy (non-hydrogen) atoms. The van der Waals surface area contributed by atoms with E-state index < -0.39 is 47.8 Å². The van der Waals surface area contributed by atoms with Gasteiger partial charge in [-0.3, -0.25) is 19.7 Å². The lowest BCUT2D eigenvalue weighted by atomic mass is 9.79. The van der Waals surface area contributed by atoms with Crippen LogP contribution in [0.25, 0.3) is 0 Å². The molecule has 2 aliphatic heterocycles. The van der Waals surface area contributed by atoms with Crippen molar-refractivity contribution in [3.05, 3.63) is 53.1 Å². The number of benzene rings is 2. The number of nitrogens with zero attached hydrogens (tertiary/aromatic N) is 1. The zero-order chi connectivity index (χ0) is 24.8. The van der Waals surface area contributed by atoms with Crippen molar-refractivity contribution in [2.75, 3.05) is 25.7 Å². The molecular weight excluding hydrogens is 440 g/mol. The molecule has 2 heterocycles. The van der Waals surface area contributed by atoms with Crippen molar-refractivity contribution in [1.29, 1.82) is 0 Å². The summed E-state index contributed by atoms with van der Waals surface area (Å²) in [7, 11) is 2.99. The standard InChI is InChI=1S/C25H28N2O7/c1-5-14-6-8-15(9-7-14)27-22(29)18-19(23(27)30)25(12-28,24(31)32)26-20(18)16-10-11-17(33-3)13(2)21(16)34-4/h6-11,18-20,26,28H,5,12H2,1-4H3,(H,31,32). The molecule has 0 aromatic heterocycles. The molecule has 0 radical (unpaired) electrons. The van der Waals surface area contributed by atoms with E-state index in [2.05, 4.69) is 5.32 Å². The maximum Gasteiger partial charge on any atom is 0.327 e. The molecule has 0 aliphatic carbocycles. The zero-order valence-electron chi connectivity index (χ0n) is 19.5. The van der Waals surface area contributed by atoms with Gasteiger partial charge in [-0.2, -0.15) is 0 Å². The van der Waals surface area contributed by atoms with Gasteiger partial charge in [0.1, 0.15) is 11.5 Å². The van der Waals surface area contributed by atoms with E-state index >= 15 is 0 Å². The van der Waals surface area contributed by atoms with Gasteiger partial charge in [-0.15, -0.1) is 0 Å². The van der Waals surface area contributed by atoms with E-state index in [1.165, 1.54) is 14.2 Å². The van der Waals surface area contributed by atoms with Crippen LogP contribution in [0.1, 0.15) is 29.7 Å². The predicted octanol–water partition coefficient (Wildman–Crippen LogP) is 1.84. The first-order chi connectivity index (χ1) is 16.2. The zero-order valence-corrected chi connectivity index (χ0v) is 19.5. The summed E-state index contributed by atoms with van der Waals surface area (Å²) in [5.41, 5.74) is 0.559. The van der Waals surface area contributed by atoms with Gasteiger partial charge >= 0.3 is 5.97 Å². The second-order valence-electron chi connectivity index (χ2n) is 8.61. The summed E-state index contributed by atoms with van der Waals surface area (Å²) in [6, 6.07) is 9.51. The van der Waals surface area contributed by atoms with Crippen LogP contribution in [0.2, 0.25) is 0 Å². The van der Waals surface area contributed by atoms with Crippen LogP contribution >= 0.6 is 0 Å². The number of hydrogen-bond donors (Lipinski definition) is 3. The highest BCUT2D eigenvalue weighted by Crippen LogP contribution is 2.52. The van der Waals surface area contributed by atoms with Gasteiger partial charge in [0.15, 0.2) is 5.54 Å². The minimum Gasteiger partial charge on any atom is -0.496 e. The van der Waals surface area contributed by atoms with E-state index in [9.17, 15) is 24.6 Å². The number of fused-ring (bicyclic) bond motifs is 1. The monoisotopic (exact) mass is 468 g/mol. The minimum absolute atomic E-state index is 0.371. The van der Waals surface area contributed by atoms with Gasteiger partial charge in [-0.05, 0) is 37.1 Å². The highest BCUT2D eigenvalue weighted by atomic mass is 16.5. The van der Waals surface area contributed by atoms with Gasteiger partial charge in [0.05, 0.1) is 38.3 Å². The number of amides is 2. The summed E-state index contributed by atoms with van der Waals surface area (Å²) < 4.78 is 11.0. The number of nitrogens with one attached hydrogen (secondary N) is 1. The number of carboxylic acids is 1. The van der Waals surface area contributed by atoms with Crippen molar-refractivity contribution in [1.82, 2.24) is 5.32 Å². The number of aliphatic carboxylic acids is 1. The number of carbonyl (C=O) groups excluding carboxylic acids is 2. The second-order valence-corrected chi connectivity index (χ2v) is 8.61. The predicted molar refractivity (Wildman–Crippen MR) is 123 cm³/mol. The molecule has 0 bridgehead atoms. The molecule has 3 N–H and O–H groups in total. The number of rotatable bonds is 7. The smallest absolute Gasteiger partial charge is 0.327 e. The van der Waals surface area contributed by atoms with Crippen LogP contribution in [0.5, 0.6) is 11.5 Å². The van der Waals surface area contributed by atoms with E-state index in [4.69, 9.17) is 9.47 Å². The van der Waals surface area contributed by atoms with Gasteiger partial charge in [0.25, 0.3) is 0 Å². The molecule has 2 aliphatic rings. The average Bonchev–Trinajstić information content (AvgIpc) is 3.33. The topological polar surface area (TPSA) is 125 Å². The fourth-order valence-corrected chi connectivity index (χ4v) is 5.25. The van der Waals surface area contributed by atoms with Crippen molar-refractivity contribution >= 4 is 23.5 Å². The third-order valence-corrected chi connectivity index (χ3v) is 7.03. The van der Waals surface area contributed by atoms with Gasteiger partial charge < -0.3 is 19.7 Å². The summed E-state index contributed by atoms with van der Waals surface area (Å²) >= 11 is 0. The summed E-state index contributed by atoms with van der Waals surface area (Å²) in [6.07, 6.45) is 0.794. The molecule has 0 spiro atoms. The van der Waals surface area contributed by atoms with Crippen LogP contribution in [-0.2, 0) is 20.8 Å². The Morgan fingerprint density at radius 3 is 2.29 bits per heavy atom. The first kappa shape index (κ1) is 23.7. The number of imide groups is 1. The highest BCUT2D eigenvalue weighted by molar-refractivity contribution is 6.24. The first-order valence-corrected chi connectivity index (χ1v) is 11.1. The Balaban J connectivity index is 1.87. The number of hydrogen-bond acceptors (Lipinski definition) is 7. The van der Waals surface area contributed by atoms with Crippen LogP contribution in [0.15, 0.2) is 36.4 Å². The van der Waals surface area contributed by atoms with Crippen LogP contribution in [-0.4, -0.2) is 54.4 Å². The molecule has 0 saturated carbocycles. The van der Waals surface area contributed by atoms with E-state index in [0.717, 1.165) is 16.9 Å². The Morgan fingerprint density at radius 1 is 1.09 bits per heavy atom. The number of methoxy groups -OCH3 is 2. The van der Waals surface area contributed by atoms with E-state index in [0.29, 0.717) is 28.3 Å². The molecule has 2 aromatic rings. The number of aryl methyl sites for hydroxylation is 1. The van der Waals surface area contributed by atoms with Crippen molar-refractivity contribution in [3.8, 4) is 11.5 Å². The summed E-state index contributed by atoms with van der Waals surface area (Å²) in [4.78, 5) is 40.7. The number of aliphatic hydroxyl groups excluding tert-OH is 1. The maximum absolute atomic E-state index is 13.7. The molecule has 4 atom stereocenters. The van der Waals surface area contributed by atoms with Crippen molar-refractivity contribution < 1.29 is 34.1 Å². The van der Waals surface area contributed by atoms with Gasteiger partial charge in [0.2, 0.25) is 11.8 Å². The molecule has 2 saturated heterocycles. The molecule has 4 rings (SSSR count). The highest BCUT2D eigenvalue weighted by Gasteiger charge is 2.69. The van der Waals surface area contributed by atoms with Crippen LogP contribution in [0.3, 0.4) is 0 Å². The fourth-order valence-electron chi connectivity index (χ4n) is 5.25. The maximum atomic E-state index is 13.7. The lowest BCUT2D eigenvalue weighted by molar-refractivity contribution is -0.150.